The molecule has 0 N–H and O–H groups in total. The maximum Gasteiger partial charge on any atom is -0.0329 e. The van der Waals surface area contributed by atoms with Crippen LogP contribution >= 0.6 is 0 Å². The Morgan fingerprint density at radius 3 is 2.32 bits per heavy atom. The third-order valence-corrected chi connectivity index (χ3v) is 7.39. The first-order chi connectivity index (χ1) is 10.4. The first-order valence-electron chi connectivity index (χ1n) is 10.4. The van der Waals surface area contributed by atoms with Gasteiger partial charge in [-0.3, -0.25) is 0 Å². The summed E-state index contributed by atoms with van der Waals surface area (Å²) < 4.78 is 0. The van der Waals surface area contributed by atoms with Crippen molar-refractivity contribution < 1.29 is 0 Å². The van der Waals surface area contributed by atoms with Crippen molar-refractivity contribution in [3.05, 3.63) is 0 Å². The molecule has 0 aromatic carbocycles. The van der Waals surface area contributed by atoms with Gasteiger partial charge in [-0.05, 0) is 79.4 Å². The van der Waals surface area contributed by atoms with Gasteiger partial charge in [-0.1, -0.05) is 60.8 Å². The van der Waals surface area contributed by atoms with Gasteiger partial charge in [0.15, 0.2) is 0 Å². The van der Waals surface area contributed by atoms with Crippen LogP contribution in [0.5, 0.6) is 0 Å². The van der Waals surface area contributed by atoms with E-state index < -0.39 is 0 Å². The Balaban J connectivity index is 1.92. The van der Waals surface area contributed by atoms with Crippen LogP contribution in [-0.4, -0.2) is 0 Å². The van der Waals surface area contributed by atoms with E-state index in [4.69, 9.17) is 0 Å². The van der Waals surface area contributed by atoms with E-state index in [0.29, 0.717) is 0 Å². The van der Waals surface area contributed by atoms with Gasteiger partial charge < -0.3 is 0 Å². The van der Waals surface area contributed by atoms with Gasteiger partial charge in [-0.15, -0.1) is 0 Å². The average molecular weight is 307 g/mol. The molecule has 0 nitrogen and oxygen atoms in total. The lowest BCUT2D eigenvalue weighted by Gasteiger charge is -2.50. The highest BCUT2D eigenvalue weighted by Crippen LogP contribution is 2.51. The largest absolute Gasteiger partial charge is 0.0651 e. The Morgan fingerprint density at radius 2 is 1.64 bits per heavy atom. The Hall–Kier alpha value is 0. The van der Waals surface area contributed by atoms with E-state index in [9.17, 15) is 0 Å². The van der Waals surface area contributed by atoms with E-state index in [1.54, 1.807) is 0 Å². The van der Waals surface area contributed by atoms with Gasteiger partial charge in [0.25, 0.3) is 0 Å². The highest BCUT2D eigenvalue weighted by molar-refractivity contribution is 4.92. The minimum Gasteiger partial charge on any atom is -0.0651 e. The topological polar surface area (TPSA) is 0 Å². The standard InChI is InChI=1S/C22H42/c1-7-15(2)12-16(3)8-11-21-18(5)9-10-20-14-17(4)13-19(6)22(20)21/h15-22H,7-14H2,1-6H3. The summed E-state index contributed by atoms with van der Waals surface area (Å²) in [6.45, 7) is 14.9. The Kier molecular flexibility index (Phi) is 6.84. The first kappa shape index (κ1) is 18.3. The van der Waals surface area contributed by atoms with Gasteiger partial charge in [0.2, 0.25) is 0 Å². The second-order valence-electron chi connectivity index (χ2n) is 9.54. The second-order valence-corrected chi connectivity index (χ2v) is 9.54. The molecule has 0 aromatic heterocycles. The fourth-order valence-corrected chi connectivity index (χ4v) is 6.10. The molecule has 2 aliphatic rings. The van der Waals surface area contributed by atoms with Gasteiger partial charge in [0, 0.05) is 0 Å². The van der Waals surface area contributed by atoms with Crippen LogP contribution in [0, 0.1) is 47.3 Å². The highest BCUT2D eigenvalue weighted by atomic mass is 14.5. The van der Waals surface area contributed by atoms with Crippen LogP contribution in [0.1, 0.15) is 92.9 Å². The van der Waals surface area contributed by atoms with E-state index in [2.05, 4.69) is 41.5 Å². The minimum absolute atomic E-state index is 0.918. The Bertz CT molecular complexity index is 320. The smallest absolute Gasteiger partial charge is 0.0329 e. The number of hydrogen-bond donors (Lipinski definition) is 0. The van der Waals surface area contributed by atoms with Gasteiger partial charge in [-0.25, -0.2) is 0 Å². The lowest BCUT2D eigenvalue weighted by molar-refractivity contribution is -0.00263. The number of rotatable bonds is 6. The van der Waals surface area contributed by atoms with Gasteiger partial charge in [0.05, 0.1) is 0 Å². The number of fused-ring (bicyclic) bond motifs is 1. The summed E-state index contributed by atoms with van der Waals surface area (Å²) >= 11 is 0. The molecule has 22 heavy (non-hydrogen) atoms. The Morgan fingerprint density at radius 1 is 0.909 bits per heavy atom. The molecule has 0 bridgehead atoms. The molecule has 2 saturated carbocycles. The third kappa shape index (κ3) is 4.51. The summed E-state index contributed by atoms with van der Waals surface area (Å²) in [6.07, 6.45) is 11.8. The molecule has 0 heteroatoms. The third-order valence-electron chi connectivity index (χ3n) is 7.39. The van der Waals surface area contributed by atoms with E-state index in [0.717, 1.165) is 47.3 Å². The predicted molar refractivity (Wildman–Crippen MR) is 98.9 cm³/mol. The zero-order chi connectivity index (χ0) is 16.3. The quantitative estimate of drug-likeness (QED) is 0.487. The second kappa shape index (κ2) is 8.20. The maximum absolute atomic E-state index is 2.57. The molecule has 0 amide bonds. The molecule has 0 spiro atoms. The molecular formula is C22H42. The summed E-state index contributed by atoms with van der Waals surface area (Å²) in [5.74, 6) is 7.93. The fourth-order valence-electron chi connectivity index (χ4n) is 6.10. The lowest BCUT2D eigenvalue weighted by atomic mass is 9.55. The van der Waals surface area contributed by atoms with Crippen molar-refractivity contribution in [2.75, 3.05) is 0 Å². The minimum atomic E-state index is 0.918. The Labute approximate surface area is 140 Å². The van der Waals surface area contributed by atoms with Crippen LogP contribution in [-0.2, 0) is 0 Å². The van der Waals surface area contributed by atoms with Crippen LogP contribution in [0.25, 0.3) is 0 Å². The predicted octanol–water partition coefficient (Wildman–Crippen LogP) is 7.18. The highest BCUT2D eigenvalue weighted by Gasteiger charge is 2.43. The molecule has 0 saturated heterocycles. The molecule has 2 rings (SSSR count). The first-order valence-corrected chi connectivity index (χ1v) is 10.4. The summed E-state index contributed by atoms with van der Waals surface area (Å²) in [5, 5.41) is 0. The normalized spacial score (nSPS) is 41.7. The van der Waals surface area contributed by atoms with Crippen molar-refractivity contribution in [2.24, 2.45) is 47.3 Å². The van der Waals surface area contributed by atoms with Crippen LogP contribution < -0.4 is 0 Å². The molecule has 8 unspecified atom stereocenters. The van der Waals surface area contributed by atoms with Crippen LogP contribution in [0.3, 0.4) is 0 Å². The molecule has 0 heterocycles. The molecule has 2 aliphatic carbocycles. The summed E-state index contributed by atoms with van der Waals surface area (Å²) in [5.41, 5.74) is 0. The average Bonchev–Trinajstić information content (AvgIpc) is 2.46. The summed E-state index contributed by atoms with van der Waals surface area (Å²) in [6, 6.07) is 0. The SMILES string of the molecule is CCC(C)CC(C)CCC1C(C)CCC2CC(C)CC(C)C21. The fraction of sp³-hybridized carbons (Fsp3) is 1.00. The molecule has 0 aromatic rings. The van der Waals surface area contributed by atoms with Crippen LogP contribution in [0.2, 0.25) is 0 Å². The zero-order valence-electron chi connectivity index (χ0n) is 16.3. The van der Waals surface area contributed by atoms with Crippen molar-refractivity contribution in [2.45, 2.75) is 92.9 Å². The molecule has 8 atom stereocenters. The monoisotopic (exact) mass is 306 g/mol. The van der Waals surface area contributed by atoms with Gasteiger partial charge in [0.1, 0.15) is 0 Å². The molecule has 0 aliphatic heterocycles. The number of hydrogen-bond acceptors (Lipinski definition) is 0. The van der Waals surface area contributed by atoms with Crippen molar-refractivity contribution >= 4 is 0 Å². The van der Waals surface area contributed by atoms with Crippen molar-refractivity contribution in [3.8, 4) is 0 Å². The van der Waals surface area contributed by atoms with Crippen LogP contribution in [0.15, 0.2) is 0 Å². The van der Waals surface area contributed by atoms with E-state index >= 15 is 0 Å². The lowest BCUT2D eigenvalue weighted by Crippen LogP contribution is -2.41. The van der Waals surface area contributed by atoms with Gasteiger partial charge in [-0.2, -0.15) is 0 Å². The van der Waals surface area contributed by atoms with E-state index in [1.807, 2.05) is 0 Å². The van der Waals surface area contributed by atoms with Crippen molar-refractivity contribution in [1.82, 2.24) is 0 Å². The van der Waals surface area contributed by atoms with E-state index in [-0.39, 0.29) is 0 Å². The van der Waals surface area contributed by atoms with Crippen molar-refractivity contribution in [3.63, 3.8) is 0 Å². The molecule has 130 valence electrons. The molecular weight excluding hydrogens is 264 g/mol. The summed E-state index contributed by atoms with van der Waals surface area (Å²) in [4.78, 5) is 0. The van der Waals surface area contributed by atoms with Crippen LogP contribution in [0.4, 0.5) is 0 Å². The maximum atomic E-state index is 2.57. The van der Waals surface area contributed by atoms with E-state index in [1.165, 1.54) is 51.4 Å². The molecule has 2 fully saturated rings. The summed E-state index contributed by atoms with van der Waals surface area (Å²) in [7, 11) is 0. The van der Waals surface area contributed by atoms with Gasteiger partial charge >= 0.3 is 0 Å². The zero-order valence-corrected chi connectivity index (χ0v) is 16.3. The molecule has 0 radical (unpaired) electrons. The van der Waals surface area contributed by atoms with Crippen molar-refractivity contribution in [1.29, 1.82) is 0 Å².